The highest BCUT2D eigenvalue weighted by Gasteiger charge is 2.21. The van der Waals surface area contributed by atoms with Crippen LogP contribution in [0.4, 0.5) is 0 Å². The molecule has 74 valence electrons. The molecule has 4 nitrogen and oxygen atoms in total. The number of halogens is 2. The number of hydrogen-bond acceptors (Lipinski definition) is 3. The molecular formula is C7H5BBrClO4. The third kappa shape index (κ3) is 2.27. The highest BCUT2D eigenvalue weighted by Crippen LogP contribution is 2.19. The van der Waals surface area contributed by atoms with Gasteiger partial charge >= 0.3 is 13.1 Å². The smallest absolute Gasteiger partial charge is 0.478 e. The number of hydrogen-bond donors (Lipinski definition) is 3. The van der Waals surface area contributed by atoms with Crippen molar-refractivity contribution in [1.29, 1.82) is 0 Å². The Labute approximate surface area is 93.4 Å². The third-order valence-corrected chi connectivity index (χ3v) is 2.68. The molecule has 1 aromatic rings. The topological polar surface area (TPSA) is 77.8 Å². The van der Waals surface area contributed by atoms with Gasteiger partial charge in [0.15, 0.2) is 0 Å². The maximum absolute atomic E-state index is 10.7. The van der Waals surface area contributed by atoms with Gasteiger partial charge in [-0.05, 0) is 17.6 Å². The number of benzene rings is 1. The van der Waals surface area contributed by atoms with Crippen molar-refractivity contribution in [3.05, 3.63) is 27.2 Å². The second kappa shape index (κ2) is 4.31. The quantitative estimate of drug-likeness (QED) is 0.688. The summed E-state index contributed by atoms with van der Waals surface area (Å²) in [5.74, 6) is -1.19. The molecule has 3 N–H and O–H groups in total. The van der Waals surface area contributed by atoms with Crippen LogP contribution in [0.3, 0.4) is 0 Å². The van der Waals surface area contributed by atoms with Crippen LogP contribution in [0.1, 0.15) is 10.4 Å². The van der Waals surface area contributed by atoms with Crippen LogP contribution in [0, 0.1) is 0 Å². The molecule has 0 bridgehead atoms. The molecule has 0 atom stereocenters. The van der Waals surface area contributed by atoms with E-state index in [4.69, 9.17) is 26.8 Å². The van der Waals surface area contributed by atoms with Crippen LogP contribution in [-0.2, 0) is 0 Å². The van der Waals surface area contributed by atoms with E-state index in [0.29, 0.717) is 0 Å². The number of carboxylic acids is 1. The van der Waals surface area contributed by atoms with Gasteiger partial charge in [0.1, 0.15) is 0 Å². The van der Waals surface area contributed by atoms with Crippen LogP contribution in [0.5, 0.6) is 0 Å². The van der Waals surface area contributed by atoms with Crippen LogP contribution < -0.4 is 5.46 Å². The second-order valence-electron chi connectivity index (χ2n) is 2.54. The Morgan fingerprint density at radius 1 is 1.43 bits per heavy atom. The zero-order valence-electron chi connectivity index (χ0n) is 6.74. The molecule has 0 aliphatic heterocycles. The van der Waals surface area contributed by atoms with E-state index in [9.17, 15) is 4.79 Å². The first-order valence-corrected chi connectivity index (χ1v) is 4.69. The van der Waals surface area contributed by atoms with Crippen LogP contribution in [-0.4, -0.2) is 28.2 Å². The monoisotopic (exact) mass is 278 g/mol. The molecule has 0 amide bonds. The van der Waals surface area contributed by atoms with Crippen LogP contribution >= 0.6 is 27.5 Å². The first-order chi connectivity index (χ1) is 6.43. The van der Waals surface area contributed by atoms with Crippen molar-refractivity contribution in [2.24, 2.45) is 0 Å². The summed E-state index contributed by atoms with van der Waals surface area (Å²) in [7, 11) is -1.76. The van der Waals surface area contributed by atoms with E-state index in [1.165, 1.54) is 12.1 Å². The summed E-state index contributed by atoms with van der Waals surface area (Å²) < 4.78 is 0.115. The minimum Gasteiger partial charge on any atom is -0.478 e. The Balaban J connectivity index is 3.40. The van der Waals surface area contributed by atoms with Crippen molar-refractivity contribution in [3.8, 4) is 0 Å². The molecule has 14 heavy (non-hydrogen) atoms. The normalized spacial score (nSPS) is 10.0. The molecule has 0 fully saturated rings. The van der Waals surface area contributed by atoms with Gasteiger partial charge in [-0.1, -0.05) is 27.5 Å². The summed E-state index contributed by atoms with van der Waals surface area (Å²) in [5, 5.41) is 26.7. The maximum atomic E-state index is 10.7. The summed E-state index contributed by atoms with van der Waals surface area (Å²) in [6, 6.07) is 2.50. The Hall–Kier alpha value is -0.555. The summed E-state index contributed by atoms with van der Waals surface area (Å²) >= 11 is 8.56. The molecule has 0 saturated heterocycles. The van der Waals surface area contributed by atoms with Gasteiger partial charge in [0.2, 0.25) is 0 Å². The summed E-state index contributed by atoms with van der Waals surface area (Å²) in [6.07, 6.45) is 0. The summed E-state index contributed by atoms with van der Waals surface area (Å²) in [4.78, 5) is 10.7. The third-order valence-electron chi connectivity index (χ3n) is 1.57. The zero-order chi connectivity index (χ0) is 10.9. The van der Waals surface area contributed by atoms with E-state index >= 15 is 0 Å². The summed E-state index contributed by atoms with van der Waals surface area (Å²) in [6.45, 7) is 0. The predicted molar refractivity (Wildman–Crippen MR) is 55.9 cm³/mol. The summed E-state index contributed by atoms with van der Waals surface area (Å²) in [5.41, 5.74) is -0.0875. The molecule has 0 heterocycles. The molecule has 0 aliphatic carbocycles. The van der Waals surface area contributed by atoms with Crippen LogP contribution in [0.2, 0.25) is 5.02 Å². The molecule has 1 rings (SSSR count). The number of aromatic carboxylic acids is 1. The molecule has 0 aromatic heterocycles. The van der Waals surface area contributed by atoms with Crippen LogP contribution in [0.25, 0.3) is 0 Å². The van der Waals surface area contributed by atoms with E-state index in [1.807, 2.05) is 0 Å². The highest BCUT2D eigenvalue weighted by molar-refractivity contribution is 9.10. The van der Waals surface area contributed by atoms with Crippen molar-refractivity contribution in [2.75, 3.05) is 0 Å². The minimum absolute atomic E-state index is 0.0231. The van der Waals surface area contributed by atoms with Gasteiger partial charge < -0.3 is 15.2 Å². The highest BCUT2D eigenvalue weighted by atomic mass is 79.9. The average Bonchev–Trinajstić information content (AvgIpc) is 2.07. The van der Waals surface area contributed by atoms with Gasteiger partial charge in [-0.25, -0.2) is 4.79 Å². The van der Waals surface area contributed by atoms with Gasteiger partial charge in [0.05, 0.1) is 5.56 Å². The van der Waals surface area contributed by atoms with Gasteiger partial charge in [0.25, 0.3) is 0 Å². The first kappa shape index (κ1) is 11.5. The molecule has 0 aliphatic rings. The van der Waals surface area contributed by atoms with Gasteiger partial charge in [-0.15, -0.1) is 0 Å². The average molecular weight is 279 g/mol. The standard InChI is InChI=1S/C7H5BBrClO4/c9-6-4(7(11)12)1-3(10)2-5(6)8(13)14/h1-2,13-14H,(H,11,12). The minimum atomic E-state index is -1.76. The Bertz CT molecular complexity index is 382. The lowest BCUT2D eigenvalue weighted by atomic mass is 9.79. The number of carbonyl (C=O) groups is 1. The fourth-order valence-electron chi connectivity index (χ4n) is 0.954. The lowest BCUT2D eigenvalue weighted by Gasteiger charge is -2.06. The molecule has 0 radical (unpaired) electrons. The first-order valence-electron chi connectivity index (χ1n) is 3.52. The van der Waals surface area contributed by atoms with Gasteiger partial charge in [-0.3, -0.25) is 0 Å². The largest absolute Gasteiger partial charge is 0.489 e. The van der Waals surface area contributed by atoms with Crippen molar-refractivity contribution in [2.45, 2.75) is 0 Å². The fraction of sp³-hybridized carbons (Fsp3) is 0. The van der Waals surface area contributed by atoms with E-state index in [0.717, 1.165) is 0 Å². The molecule has 0 spiro atoms. The number of carboxylic acid groups (broad SMARTS) is 1. The van der Waals surface area contributed by atoms with E-state index in [2.05, 4.69) is 15.9 Å². The molecule has 0 unspecified atom stereocenters. The van der Waals surface area contributed by atoms with E-state index < -0.39 is 13.1 Å². The molecular weight excluding hydrogens is 274 g/mol. The van der Waals surface area contributed by atoms with Crippen molar-refractivity contribution >= 4 is 46.1 Å². The van der Waals surface area contributed by atoms with E-state index in [1.54, 1.807) is 0 Å². The zero-order valence-corrected chi connectivity index (χ0v) is 9.08. The van der Waals surface area contributed by atoms with Crippen molar-refractivity contribution in [3.63, 3.8) is 0 Å². The Kier molecular flexibility index (Phi) is 3.55. The molecule has 1 aromatic carbocycles. The fourth-order valence-corrected chi connectivity index (χ4v) is 1.78. The van der Waals surface area contributed by atoms with Crippen LogP contribution in [0.15, 0.2) is 16.6 Å². The Morgan fingerprint density at radius 3 is 2.43 bits per heavy atom. The van der Waals surface area contributed by atoms with E-state index in [-0.39, 0.29) is 20.5 Å². The SMILES string of the molecule is O=C(O)c1cc(Cl)cc(B(O)O)c1Br. The number of rotatable bonds is 2. The van der Waals surface area contributed by atoms with Gasteiger partial charge in [-0.2, -0.15) is 0 Å². The lowest BCUT2D eigenvalue weighted by Crippen LogP contribution is -2.32. The van der Waals surface area contributed by atoms with Gasteiger partial charge in [0, 0.05) is 9.50 Å². The predicted octanol–water partition coefficient (Wildman–Crippen LogP) is 0.480. The molecule has 0 saturated carbocycles. The Morgan fingerprint density at radius 2 is 2.00 bits per heavy atom. The lowest BCUT2D eigenvalue weighted by molar-refractivity contribution is 0.0696. The maximum Gasteiger partial charge on any atom is 0.489 e. The second-order valence-corrected chi connectivity index (χ2v) is 3.76. The molecule has 7 heteroatoms. The van der Waals surface area contributed by atoms with Crippen molar-refractivity contribution < 1.29 is 19.9 Å². The van der Waals surface area contributed by atoms with Crippen molar-refractivity contribution in [1.82, 2.24) is 0 Å².